The molecule has 1 aromatic heterocycles. The molecule has 0 radical (unpaired) electrons. The van der Waals surface area contributed by atoms with Crippen molar-refractivity contribution in [3.05, 3.63) is 47.8 Å². The van der Waals surface area contributed by atoms with E-state index >= 15 is 0 Å². The summed E-state index contributed by atoms with van der Waals surface area (Å²) in [6, 6.07) is 8.04. The van der Waals surface area contributed by atoms with Crippen LogP contribution in [-0.4, -0.2) is 22.3 Å². The normalized spacial score (nSPS) is 11.4. The molecule has 2 rings (SSSR count). The van der Waals surface area contributed by atoms with Crippen LogP contribution in [0, 0.1) is 0 Å². The number of aromatic amines is 1. The van der Waals surface area contributed by atoms with Gasteiger partial charge in [0.15, 0.2) is 0 Å². The average molecular weight is 298 g/mol. The number of H-pyrrole nitrogens is 1. The van der Waals surface area contributed by atoms with E-state index in [1.165, 1.54) is 12.1 Å². The van der Waals surface area contributed by atoms with Crippen molar-refractivity contribution in [1.29, 1.82) is 0 Å². The molecule has 0 atom stereocenters. The first kappa shape index (κ1) is 15.0. The first-order valence-electron chi connectivity index (χ1n) is 6.11. The Kier molecular flexibility index (Phi) is 4.59. The zero-order valence-corrected chi connectivity index (χ0v) is 10.9. The minimum absolute atomic E-state index is 0.109. The number of carbonyl (C=O) groups excluding carboxylic acids is 1. The zero-order chi connectivity index (χ0) is 15.3. The molecule has 1 amide bonds. The third-order valence-electron chi connectivity index (χ3n) is 2.65. The molecule has 0 saturated carbocycles. The average Bonchev–Trinajstić information content (AvgIpc) is 2.91. The lowest BCUT2D eigenvalue weighted by molar-refractivity contribution is -0.167. The van der Waals surface area contributed by atoms with Crippen molar-refractivity contribution >= 4 is 11.6 Å². The van der Waals surface area contributed by atoms with Crippen molar-refractivity contribution in [2.24, 2.45) is 0 Å². The van der Waals surface area contributed by atoms with Crippen LogP contribution in [0.5, 0.6) is 0 Å². The van der Waals surface area contributed by atoms with E-state index in [-0.39, 0.29) is 5.69 Å². The lowest BCUT2D eigenvalue weighted by Gasteiger charge is -2.09. The maximum atomic E-state index is 12.2. The number of alkyl halides is 3. The van der Waals surface area contributed by atoms with E-state index in [0.717, 1.165) is 11.3 Å². The maximum Gasteiger partial charge on any atom is 0.471 e. The lowest BCUT2D eigenvalue weighted by atomic mass is 10.2. The summed E-state index contributed by atoms with van der Waals surface area (Å²) in [5.41, 5.74) is 1.77. The van der Waals surface area contributed by atoms with Gasteiger partial charge in [-0.3, -0.25) is 9.89 Å². The minimum Gasteiger partial charge on any atom is -0.318 e. The zero-order valence-electron chi connectivity index (χ0n) is 10.9. The number of amides is 1. The summed E-state index contributed by atoms with van der Waals surface area (Å²) >= 11 is 0. The molecular formula is C13H13F3N4O. The molecule has 0 unspecified atom stereocenters. The number of hydrogen-bond acceptors (Lipinski definition) is 3. The molecule has 0 fully saturated rings. The van der Waals surface area contributed by atoms with E-state index in [1.807, 2.05) is 11.4 Å². The molecule has 0 spiro atoms. The molecule has 0 saturated heterocycles. The standard InChI is InChI=1S/C13H13F3N4O/c14-13(15,16)12(21)19-10-3-1-2-9(6-10)7-17-8-11-4-5-18-20-11/h1-6,17H,7-8H2,(H,18,20)(H,19,21). The highest BCUT2D eigenvalue weighted by atomic mass is 19.4. The number of hydrogen-bond donors (Lipinski definition) is 3. The van der Waals surface area contributed by atoms with Crippen molar-refractivity contribution in [1.82, 2.24) is 15.5 Å². The van der Waals surface area contributed by atoms with Gasteiger partial charge in [-0.25, -0.2) is 0 Å². The van der Waals surface area contributed by atoms with Gasteiger partial charge in [0.2, 0.25) is 0 Å². The smallest absolute Gasteiger partial charge is 0.318 e. The second-order valence-electron chi connectivity index (χ2n) is 4.34. The van der Waals surface area contributed by atoms with Gasteiger partial charge in [-0.05, 0) is 23.8 Å². The van der Waals surface area contributed by atoms with Crippen molar-refractivity contribution in [3.63, 3.8) is 0 Å². The fourth-order valence-electron chi connectivity index (χ4n) is 1.69. The summed E-state index contributed by atoms with van der Waals surface area (Å²) in [4.78, 5) is 10.9. The molecule has 5 nitrogen and oxygen atoms in total. The van der Waals surface area contributed by atoms with Crippen LogP contribution in [0.1, 0.15) is 11.3 Å². The second kappa shape index (κ2) is 6.40. The monoisotopic (exact) mass is 298 g/mol. The van der Waals surface area contributed by atoms with Crippen molar-refractivity contribution in [2.45, 2.75) is 19.3 Å². The Morgan fingerprint density at radius 2 is 2.05 bits per heavy atom. The Morgan fingerprint density at radius 3 is 2.71 bits per heavy atom. The summed E-state index contributed by atoms with van der Waals surface area (Å²) in [6.45, 7) is 1.01. The molecule has 1 heterocycles. The van der Waals surface area contributed by atoms with Gasteiger partial charge in [0.05, 0.1) is 0 Å². The van der Waals surface area contributed by atoms with Crippen molar-refractivity contribution < 1.29 is 18.0 Å². The van der Waals surface area contributed by atoms with E-state index in [1.54, 1.807) is 18.3 Å². The molecule has 0 bridgehead atoms. The number of rotatable bonds is 5. The topological polar surface area (TPSA) is 69.8 Å². The van der Waals surface area contributed by atoms with Gasteiger partial charge in [0, 0.05) is 30.7 Å². The Labute approximate surface area is 118 Å². The molecule has 0 aliphatic heterocycles. The Morgan fingerprint density at radius 1 is 1.24 bits per heavy atom. The SMILES string of the molecule is O=C(Nc1cccc(CNCc2ccn[nH]2)c1)C(F)(F)F. The van der Waals surface area contributed by atoms with E-state index in [0.29, 0.717) is 13.1 Å². The number of halogens is 3. The molecule has 21 heavy (non-hydrogen) atoms. The van der Waals surface area contributed by atoms with Crippen LogP contribution in [0.15, 0.2) is 36.5 Å². The molecule has 0 aliphatic carbocycles. The first-order valence-corrected chi connectivity index (χ1v) is 6.11. The fraction of sp³-hybridized carbons (Fsp3) is 0.231. The highest BCUT2D eigenvalue weighted by molar-refractivity contribution is 5.94. The molecule has 1 aromatic carbocycles. The summed E-state index contributed by atoms with van der Waals surface area (Å²) in [7, 11) is 0. The number of nitrogens with zero attached hydrogens (tertiary/aromatic N) is 1. The lowest BCUT2D eigenvalue weighted by Crippen LogP contribution is -2.29. The van der Waals surface area contributed by atoms with Gasteiger partial charge in [0.25, 0.3) is 0 Å². The third-order valence-corrected chi connectivity index (χ3v) is 2.65. The van der Waals surface area contributed by atoms with Gasteiger partial charge in [0.1, 0.15) is 0 Å². The highest BCUT2D eigenvalue weighted by Gasteiger charge is 2.38. The summed E-state index contributed by atoms with van der Waals surface area (Å²) in [6.07, 6.45) is -3.26. The predicted molar refractivity (Wildman–Crippen MR) is 70.3 cm³/mol. The third kappa shape index (κ3) is 4.60. The van der Waals surface area contributed by atoms with Crippen LogP contribution >= 0.6 is 0 Å². The van der Waals surface area contributed by atoms with Gasteiger partial charge in [-0.1, -0.05) is 12.1 Å². The van der Waals surface area contributed by atoms with Crippen LogP contribution < -0.4 is 10.6 Å². The summed E-state index contributed by atoms with van der Waals surface area (Å²) in [5.74, 6) is -1.98. The Balaban J connectivity index is 1.90. The van der Waals surface area contributed by atoms with E-state index in [4.69, 9.17) is 0 Å². The number of aromatic nitrogens is 2. The van der Waals surface area contributed by atoms with Crippen LogP contribution in [0.2, 0.25) is 0 Å². The molecule has 3 N–H and O–H groups in total. The molecule has 2 aromatic rings. The van der Waals surface area contributed by atoms with Crippen LogP contribution in [-0.2, 0) is 17.9 Å². The molecular weight excluding hydrogens is 285 g/mol. The van der Waals surface area contributed by atoms with Crippen LogP contribution in [0.25, 0.3) is 0 Å². The highest BCUT2D eigenvalue weighted by Crippen LogP contribution is 2.18. The van der Waals surface area contributed by atoms with Crippen molar-refractivity contribution in [2.75, 3.05) is 5.32 Å². The Bertz CT molecular complexity index is 596. The molecule has 112 valence electrons. The Hall–Kier alpha value is -2.35. The number of benzene rings is 1. The van der Waals surface area contributed by atoms with E-state index < -0.39 is 12.1 Å². The second-order valence-corrected chi connectivity index (χ2v) is 4.34. The van der Waals surface area contributed by atoms with Crippen LogP contribution in [0.3, 0.4) is 0 Å². The summed E-state index contributed by atoms with van der Waals surface area (Å²) < 4.78 is 36.5. The van der Waals surface area contributed by atoms with Crippen molar-refractivity contribution in [3.8, 4) is 0 Å². The van der Waals surface area contributed by atoms with Gasteiger partial charge < -0.3 is 10.6 Å². The molecule has 8 heteroatoms. The number of carbonyl (C=O) groups is 1. The van der Waals surface area contributed by atoms with E-state index in [9.17, 15) is 18.0 Å². The van der Waals surface area contributed by atoms with Gasteiger partial charge in [-0.15, -0.1) is 0 Å². The fourth-order valence-corrected chi connectivity index (χ4v) is 1.69. The maximum absolute atomic E-state index is 12.2. The van der Waals surface area contributed by atoms with Crippen LogP contribution in [0.4, 0.5) is 18.9 Å². The first-order chi connectivity index (χ1) is 9.95. The van der Waals surface area contributed by atoms with Gasteiger partial charge in [-0.2, -0.15) is 18.3 Å². The molecule has 0 aliphatic rings. The minimum atomic E-state index is -4.89. The largest absolute Gasteiger partial charge is 0.471 e. The van der Waals surface area contributed by atoms with E-state index in [2.05, 4.69) is 15.5 Å². The number of nitrogens with one attached hydrogen (secondary N) is 3. The quantitative estimate of drug-likeness (QED) is 0.792. The number of anilines is 1. The summed E-state index contributed by atoms with van der Waals surface area (Å²) in [5, 5.41) is 11.5. The van der Waals surface area contributed by atoms with Gasteiger partial charge >= 0.3 is 12.1 Å². The predicted octanol–water partition coefficient (Wildman–Crippen LogP) is 2.20.